The van der Waals surface area contributed by atoms with Gasteiger partial charge in [-0.1, -0.05) is 17.6 Å². The van der Waals surface area contributed by atoms with Crippen LogP contribution in [0.1, 0.15) is 0 Å². The van der Waals surface area contributed by atoms with Crippen molar-refractivity contribution in [3.63, 3.8) is 0 Å². The van der Waals surface area contributed by atoms with Crippen LogP contribution in [0.25, 0.3) is 0 Å². The molecule has 0 aliphatic carbocycles. The molecule has 0 spiro atoms. The first-order valence-corrected chi connectivity index (χ1v) is 4.89. The number of halogens is 2. The van der Waals surface area contributed by atoms with Crippen molar-refractivity contribution in [2.75, 3.05) is 0 Å². The molecule has 17 heavy (non-hydrogen) atoms. The first-order chi connectivity index (χ1) is 8.19. The van der Waals surface area contributed by atoms with Gasteiger partial charge in [-0.15, -0.1) is 0 Å². The van der Waals surface area contributed by atoms with Gasteiger partial charge in [-0.05, 0) is 24.3 Å². The molecular formula is C12H8BF2O2. The summed E-state index contributed by atoms with van der Waals surface area (Å²) >= 11 is 0. The van der Waals surface area contributed by atoms with E-state index >= 15 is 0 Å². The van der Waals surface area contributed by atoms with Crippen molar-refractivity contribution in [3.05, 3.63) is 54.1 Å². The summed E-state index contributed by atoms with van der Waals surface area (Å²) in [6.07, 6.45) is 0. The molecule has 0 bridgehead atoms. The maximum atomic E-state index is 12.9. The van der Waals surface area contributed by atoms with Crippen molar-refractivity contribution in [1.29, 1.82) is 0 Å². The quantitative estimate of drug-likeness (QED) is 0.821. The van der Waals surface area contributed by atoms with E-state index in [-0.39, 0.29) is 5.75 Å². The van der Waals surface area contributed by atoms with Crippen molar-refractivity contribution in [2.24, 2.45) is 0 Å². The number of hydrogen-bond donors (Lipinski definition) is 1. The Morgan fingerprint density at radius 2 is 1.53 bits per heavy atom. The molecule has 0 aliphatic heterocycles. The predicted molar refractivity (Wildman–Crippen MR) is 60.5 cm³/mol. The van der Waals surface area contributed by atoms with Crippen LogP contribution in [-0.4, -0.2) is 12.5 Å². The van der Waals surface area contributed by atoms with Gasteiger partial charge in [0, 0.05) is 6.07 Å². The third kappa shape index (κ3) is 2.82. The molecule has 2 nitrogen and oxygen atoms in total. The zero-order valence-electron chi connectivity index (χ0n) is 8.73. The van der Waals surface area contributed by atoms with Crippen molar-refractivity contribution in [1.82, 2.24) is 0 Å². The zero-order chi connectivity index (χ0) is 12.3. The van der Waals surface area contributed by atoms with Gasteiger partial charge >= 0.3 is 7.48 Å². The van der Waals surface area contributed by atoms with Gasteiger partial charge in [0.25, 0.3) is 0 Å². The Hall–Kier alpha value is -1.88. The number of ether oxygens (including phenoxy) is 1. The van der Waals surface area contributed by atoms with Crippen molar-refractivity contribution < 1.29 is 18.5 Å². The maximum absolute atomic E-state index is 12.9. The summed E-state index contributed by atoms with van der Waals surface area (Å²) in [7, 11) is 0.960. The second-order valence-corrected chi connectivity index (χ2v) is 3.38. The third-order valence-corrected chi connectivity index (χ3v) is 2.16. The fourth-order valence-electron chi connectivity index (χ4n) is 1.30. The van der Waals surface area contributed by atoms with Crippen molar-refractivity contribution in [2.45, 2.75) is 0 Å². The summed E-state index contributed by atoms with van der Waals surface area (Å²) in [6, 6.07) is 9.81. The molecule has 0 heterocycles. The van der Waals surface area contributed by atoms with E-state index in [4.69, 9.17) is 9.76 Å². The summed E-state index contributed by atoms with van der Waals surface area (Å²) in [5.41, 5.74) is 0.627. The second kappa shape index (κ2) is 4.97. The van der Waals surface area contributed by atoms with Crippen LogP contribution in [0, 0.1) is 11.6 Å². The Bertz CT molecular complexity index is 514. The molecule has 2 rings (SSSR count). The van der Waals surface area contributed by atoms with Gasteiger partial charge in [-0.3, -0.25) is 0 Å². The minimum Gasteiger partial charge on any atom is -0.457 e. The molecular weight excluding hydrogens is 225 g/mol. The first-order valence-electron chi connectivity index (χ1n) is 4.89. The lowest BCUT2D eigenvalue weighted by Gasteiger charge is -2.06. The van der Waals surface area contributed by atoms with Crippen LogP contribution in [-0.2, 0) is 0 Å². The van der Waals surface area contributed by atoms with Crippen molar-refractivity contribution >= 4 is 12.9 Å². The Morgan fingerprint density at radius 3 is 2.12 bits per heavy atom. The molecule has 2 aromatic carbocycles. The Balaban J connectivity index is 2.16. The summed E-state index contributed by atoms with van der Waals surface area (Å²) in [5, 5.41) is 8.73. The third-order valence-electron chi connectivity index (χ3n) is 2.16. The largest absolute Gasteiger partial charge is 0.457 e. The predicted octanol–water partition coefficient (Wildman–Crippen LogP) is 1.99. The molecule has 85 valence electrons. The van der Waals surface area contributed by atoms with E-state index in [9.17, 15) is 8.78 Å². The van der Waals surface area contributed by atoms with E-state index < -0.39 is 11.6 Å². The smallest absolute Gasteiger partial charge is 0.326 e. The molecule has 0 aliphatic rings. The standard InChI is InChI=1S/C12H8BF2O2/c14-11-6-5-10(7-12(11)15)17-9-3-1-8(13-16)2-4-9/h1-7,16H. The van der Waals surface area contributed by atoms with Crippen LogP contribution < -0.4 is 10.2 Å². The number of benzene rings is 2. The second-order valence-electron chi connectivity index (χ2n) is 3.38. The molecule has 5 heteroatoms. The Morgan fingerprint density at radius 1 is 0.882 bits per heavy atom. The van der Waals surface area contributed by atoms with E-state index in [0.717, 1.165) is 19.6 Å². The van der Waals surface area contributed by atoms with Crippen LogP contribution in [0.3, 0.4) is 0 Å². The zero-order valence-corrected chi connectivity index (χ0v) is 8.73. The van der Waals surface area contributed by atoms with Gasteiger partial charge < -0.3 is 9.76 Å². The summed E-state index contributed by atoms with van der Waals surface area (Å²) in [4.78, 5) is 0. The Labute approximate surface area is 97.7 Å². The van der Waals surface area contributed by atoms with Gasteiger partial charge in [0.2, 0.25) is 0 Å². The Kier molecular flexibility index (Phi) is 3.39. The summed E-state index contributed by atoms with van der Waals surface area (Å²) < 4.78 is 30.9. The lowest BCUT2D eigenvalue weighted by atomic mass is 9.89. The molecule has 2 aromatic rings. The lowest BCUT2D eigenvalue weighted by Crippen LogP contribution is -2.11. The molecule has 0 aromatic heterocycles. The van der Waals surface area contributed by atoms with Crippen LogP contribution in [0.15, 0.2) is 42.5 Å². The summed E-state index contributed by atoms with van der Waals surface area (Å²) in [6.45, 7) is 0. The number of hydrogen-bond acceptors (Lipinski definition) is 2. The molecule has 1 radical (unpaired) electrons. The molecule has 0 saturated heterocycles. The van der Waals surface area contributed by atoms with Crippen LogP contribution in [0.5, 0.6) is 11.5 Å². The highest BCUT2D eigenvalue weighted by Crippen LogP contribution is 2.22. The molecule has 1 N–H and O–H groups in total. The topological polar surface area (TPSA) is 29.5 Å². The fraction of sp³-hybridized carbons (Fsp3) is 0. The van der Waals surface area contributed by atoms with Gasteiger partial charge in [0.1, 0.15) is 11.5 Å². The average molecular weight is 233 g/mol. The van der Waals surface area contributed by atoms with Gasteiger partial charge in [0.05, 0.1) is 0 Å². The van der Waals surface area contributed by atoms with E-state index in [1.54, 1.807) is 24.3 Å². The maximum Gasteiger partial charge on any atom is 0.326 e. The average Bonchev–Trinajstić information content (AvgIpc) is 2.35. The van der Waals surface area contributed by atoms with Crippen LogP contribution >= 0.6 is 0 Å². The van der Waals surface area contributed by atoms with Crippen molar-refractivity contribution in [3.8, 4) is 11.5 Å². The molecule has 0 fully saturated rings. The lowest BCUT2D eigenvalue weighted by molar-refractivity contribution is 0.461. The van der Waals surface area contributed by atoms with Gasteiger partial charge in [-0.25, -0.2) is 8.78 Å². The molecule has 0 saturated carbocycles. The fourth-order valence-corrected chi connectivity index (χ4v) is 1.30. The minimum atomic E-state index is -0.956. The van der Waals surface area contributed by atoms with E-state index in [0.29, 0.717) is 11.2 Å². The highest BCUT2D eigenvalue weighted by atomic mass is 19.2. The molecule has 0 unspecified atom stereocenters. The van der Waals surface area contributed by atoms with Crippen LogP contribution in [0.4, 0.5) is 8.78 Å². The van der Waals surface area contributed by atoms with Gasteiger partial charge in [-0.2, -0.15) is 0 Å². The minimum absolute atomic E-state index is 0.213. The van der Waals surface area contributed by atoms with E-state index in [1.807, 2.05) is 0 Å². The molecule has 0 amide bonds. The van der Waals surface area contributed by atoms with E-state index in [1.165, 1.54) is 6.07 Å². The van der Waals surface area contributed by atoms with E-state index in [2.05, 4.69) is 0 Å². The highest BCUT2D eigenvalue weighted by molar-refractivity contribution is 6.45. The van der Waals surface area contributed by atoms with Gasteiger partial charge in [0.15, 0.2) is 11.6 Å². The normalized spacial score (nSPS) is 10.1. The molecule has 0 atom stereocenters. The SMILES string of the molecule is O[B]c1ccc(Oc2ccc(F)c(F)c2)cc1. The highest BCUT2D eigenvalue weighted by Gasteiger charge is 2.04. The number of rotatable bonds is 3. The first kappa shape index (κ1) is 11.6. The van der Waals surface area contributed by atoms with Crippen LogP contribution in [0.2, 0.25) is 0 Å². The summed E-state index contributed by atoms with van der Waals surface area (Å²) in [5.74, 6) is -1.18. The monoisotopic (exact) mass is 233 g/mol.